The Morgan fingerprint density at radius 1 is 0.903 bits per heavy atom. The molecule has 158 valence electrons. The molecule has 3 aromatic carbocycles. The molecule has 1 saturated heterocycles. The molecule has 1 N–H and O–H groups in total. The van der Waals surface area contributed by atoms with Gasteiger partial charge in [-0.2, -0.15) is 0 Å². The molecule has 0 amide bonds. The van der Waals surface area contributed by atoms with Gasteiger partial charge in [-0.25, -0.2) is 0 Å². The second-order valence-corrected chi connectivity index (χ2v) is 10.1. The Hall–Kier alpha value is -2.43. The van der Waals surface area contributed by atoms with Crippen molar-refractivity contribution in [2.45, 2.75) is 30.6 Å². The van der Waals surface area contributed by atoms with Gasteiger partial charge in [0.15, 0.2) is 0 Å². The van der Waals surface area contributed by atoms with Gasteiger partial charge in [-0.1, -0.05) is 42.5 Å². The van der Waals surface area contributed by atoms with Crippen LogP contribution in [0.5, 0.6) is 0 Å². The highest BCUT2D eigenvalue weighted by atomic mass is 32.2. The monoisotopic (exact) mass is 427 g/mol. The molecule has 0 unspecified atom stereocenters. The van der Waals surface area contributed by atoms with Gasteiger partial charge >= 0.3 is 0 Å². The number of anilines is 1. The second-order valence-electron chi connectivity index (χ2n) is 9.01. The maximum absolute atomic E-state index is 3.43. The normalized spacial score (nSPS) is 17.2. The van der Waals surface area contributed by atoms with E-state index in [1.807, 2.05) is 11.9 Å². The standard InChI is InChI=1S/C27H29N3S/c1-2-8-24-23(7-1)22(19-28-24)12-11-20-13-15-29(16-14-20)17-18-30-25-9-3-5-21-6-4-10-26(31-30)27(21)25/h1-10,19-20,28H,11-18H2. The Balaban J connectivity index is 1.01. The number of nitrogens with one attached hydrogen (secondary N) is 1. The van der Waals surface area contributed by atoms with Crippen LogP contribution >= 0.6 is 11.9 Å². The molecule has 1 aromatic heterocycles. The van der Waals surface area contributed by atoms with Crippen molar-refractivity contribution in [2.75, 3.05) is 30.5 Å². The number of rotatable bonds is 6. The van der Waals surface area contributed by atoms with Crippen LogP contribution in [0.4, 0.5) is 5.69 Å². The van der Waals surface area contributed by atoms with Gasteiger partial charge in [-0.05, 0) is 85.8 Å². The first-order valence-electron chi connectivity index (χ1n) is 11.6. The number of aryl methyl sites for hydroxylation is 1. The molecule has 4 heteroatoms. The van der Waals surface area contributed by atoms with Gasteiger partial charge in [-0.15, -0.1) is 0 Å². The molecular weight excluding hydrogens is 398 g/mol. The van der Waals surface area contributed by atoms with Crippen molar-refractivity contribution < 1.29 is 0 Å². The molecule has 0 saturated carbocycles. The summed E-state index contributed by atoms with van der Waals surface area (Å²) in [5, 5.41) is 4.20. The number of aromatic nitrogens is 1. The number of aromatic amines is 1. The van der Waals surface area contributed by atoms with Gasteiger partial charge < -0.3 is 14.2 Å². The Labute approximate surface area is 188 Å². The van der Waals surface area contributed by atoms with E-state index in [2.05, 4.69) is 81.0 Å². The molecule has 3 nitrogen and oxygen atoms in total. The van der Waals surface area contributed by atoms with E-state index in [1.165, 1.54) is 76.6 Å². The number of H-pyrrole nitrogens is 1. The van der Waals surface area contributed by atoms with Gasteiger partial charge in [0.05, 0.1) is 5.69 Å². The molecule has 31 heavy (non-hydrogen) atoms. The van der Waals surface area contributed by atoms with E-state index in [0.29, 0.717) is 0 Å². The lowest BCUT2D eigenvalue weighted by Crippen LogP contribution is -2.38. The predicted molar refractivity (Wildman–Crippen MR) is 133 cm³/mol. The average Bonchev–Trinajstić information content (AvgIpc) is 3.40. The summed E-state index contributed by atoms with van der Waals surface area (Å²) in [6, 6.07) is 22.1. The zero-order valence-electron chi connectivity index (χ0n) is 17.9. The van der Waals surface area contributed by atoms with Crippen molar-refractivity contribution in [3.05, 3.63) is 72.4 Å². The van der Waals surface area contributed by atoms with Crippen LogP contribution in [0, 0.1) is 5.92 Å². The molecule has 0 radical (unpaired) electrons. The highest BCUT2D eigenvalue weighted by Crippen LogP contribution is 2.45. The zero-order chi connectivity index (χ0) is 20.6. The van der Waals surface area contributed by atoms with Gasteiger partial charge in [-0.3, -0.25) is 0 Å². The minimum Gasteiger partial charge on any atom is -0.361 e. The number of para-hydroxylation sites is 1. The third kappa shape index (κ3) is 3.72. The molecule has 0 aliphatic carbocycles. The number of benzene rings is 3. The zero-order valence-corrected chi connectivity index (χ0v) is 18.7. The van der Waals surface area contributed by atoms with Crippen LogP contribution in [0.25, 0.3) is 21.7 Å². The van der Waals surface area contributed by atoms with Crippen LogP contribution in [-0.4, -0.2) is 36.1 Å². The van der Waals surface area contributed by atoms with E-state index in [-0.39, 0.29) is 0 Å². The third-order valence-corrected chi connectivity index (χ3v) is 8.28. The third-order valence-electron chi connectivity index (χ3n) is 7.15. The SMILES string of the molecule is c1cc2c3c(cccc3c1)N(CCN1CCC(CCc3c[nH]c4ccccc34)CC1)S2. The number of piperidine rings is 1. The van der Waals surface area contributed by atoms with Crippen molar-refractivity contribution >= 4 is 39.3 Å². The number of likely N-dealkylation sites (tertiary alicyclic amines) is 1. The Kier molecular flexibility index (Phi) is 5.13. The first-order valence-corrected chi connectivity index (χ1v) is 12.4. The number of nitrogens with zero attached hydrogens (tertiary/aromatic N) is 2. The summed E-state index contributed by atoms with van der Waals surface area (Å²) in [4.78, 5) is 7.50. The van der Waals surface area contributed by atoms with Gasteiger partial charge in [0.1, 0.15) is 0 Å². The lowest BCUT2D eigenvalue weighted by Gasteiger charge is -2.33. The maximum Gasteiger partial charge on any atom is 0.0564 e. The largest absolute Gasteiger partial charge is 0.361 e. The first kappa shape index (κ1) is 19.3. The van der Waals surface area contributed by atoms with E-state index < -0.39 is 0 Å². The first-order chi connectivity index (χ1) is 15.3. The van der Waals surface area contributed by atoms with Crippen LogP contribution < -0.4 is 4.31 Å². The van der Waals surface area contributed by atoms with Crippen molar-refractivity contribution in [2.24, 2.45) is 5.92 Å². The lowest BCUT2D eigenvalue weighted by molar-refractivity contribution is 0.184. The summed E-state index contributed by atoms with van der Waals surface area (Å²) >= 11 is 1.92. The summed E-state index contributed by atoms with van der Waals surface area (Å²) < 4.78 is 2.50. The maximum atomic E-state index is 3.43. The molecule has 1 fully saturated rings. The second kappa shape index (κ2) is 8.25. The van der Waals surface area contributed by atoms with E-state index in [0.717, 1.165) is 19.0 Å². The lowest BCUT2D eigenvalue weighted by atomic mass is 9.90. The average molecular weight is 428 g/mol. The molecular formula is C27H29N3S. The quantitative estimate of drug-likeness (QED) is 0.355. The van der Waals surface area contributed by atoms with Crippen LogP contribution in [0.3, 0.4) is 0 Å². The van der Waals surface area contributed by atoms with E-state index >= 15 is 0 Å². The smallest absolute Gasteiger partial charge is 0.0564 e. The Morgan fingerprint density at radius 2 is 1.74 bits per heavy atom. The minimum atomic E-state index is 0.865. The van der Waals surface area contributed by atoms with Crippen molar-refractivity contribution in [3.8, 4) is 0 Å². The molecule has 0 bridgehead atoms. The summed E-state index contributed by atoms with van der Waals surface area (Å²) in [5.41, 5.74) is 4.15. The fourth-order valence-corrected chi connectivity index (χ4v) is 6.45. The number of hydrogen-bond donors (Lipinski definition) is 1. The Morgan fingerprint density at radius 3 is 2.65 bits per heavy atom. The minimum absolute atomic E-state index is 0.865. The topological polar surface area (TPSA) is 22.3 Å². The van der Waals surface area contributed by atoms with Gasteiger partial charge in [0.2, 0.25) is 0 Å². The van der Waals surface area contributed by atoms with Crippen LogP contribution in [0.2, 0.25) is 0 Å². The predicted octanol–water partition coefficient (Wildman–Crippen LogP) is 6.49. The Bertz CT molecular complexity index is 1200. The van der Waals surface area contributed by atoms with Crippen molar-refractivity contribution in [3.63, 3.8) is 0 Å². The van der Waals surface area contributed by atoms with Gasteiger partial charge in [0, 0.05) is 40.5 Å². The van der Waals surface area contributed by atoms with E-state index in [9.17, 15) is 0 Å². The number of hydrogen-bond acceptors (Lipinski definition) is 3. The summed E-state index contributed by atoms with van der Waals surface area (Å²) in [6.45, 7) is 4.74. The fraction of sp³-hybridized carbons (Fsp3) is 0.333. The summed E-state index contributed by atoms with van der Waals surface area (Å²) in [6.07, 6.45) is 7.40. The molecule has 0 spiro atoms. The van der Waals surface area contributed by atoms with E-state index in [4.69, 9.17) is 0 Å². The summed E-state index contributed by atoms with van der Waals surface area (Å²) in [7, 11) is 0. The molecule has 4 aromatic rings. The van der Waals surface area contributed by atoms with E-state index in [1.54, 1.807) is 0 Å². The fourth-order valence-electron chi connectivity index (χ4n) is 5.33. The summed E-state index contributed by atoms with van der Waals surface area (Å²) in [5.74, 6) is 0.865. The van der Waals surface area contributed by atoms with Crippen LogP contribution in [0.1, 0.15) is 24.8 Å². The molecule has 6 rings (SSSR count). The van der Waals surface area contributed by atoms with Crippen molar-refractivity contribution in [1.82, 2.24) is 9.88 Å². The van der Waals surface area contributed by atoms with Gasteiger partial charge in [0.25, 0.3) is 0 Å². The molecule has 2 aliphatic heterocycles. The number of fused-ring (bicyclic) bond motifs is 1. The van der Waals surface area contributed by atoms with Crippen LogP contribution in [0.15, 0.2) is 71.8 Å². The molecule has 0 atom stereocenters. The molecule has 3 heterocycles. The highest BCUT2D eigenvalue weighted by molar-refractivity contribution is 8.01. The van der Waals surface area contributed by atoms with Crippen molar-refractivity contribution in [1.29, 1.82) is 0 Å². The molecule has 2 aliphatic rings. The van der Waals surface area contributed by atoms with Crippen LogP contribution in [-0.2, 0) is 6.42 Å². The highest BCUT2D eigenvalue weighted by Gasteiger charge is 2.24.